The summed E-state index contributed by atoms with van der Waals surface area (Å²) < 4.78 is 2.07. The molecule has 1 aromatic rings. The Morgan fingerprint density at radius 2 is 2.11 bits per heavy atom. The molecule has 0 aliphatic heterocycles. The number of hydrogen-bond acceptors (Lipinski definition) is 4. The van der Waals surface area contributed by atoms with Gasteiger partial charge in [-0.15, -0.1) is 0 Å². The van der Waals surface area contributed by atoms with Gasteiger partial charge in [0.25, 0.3) is 0 Å². The van der Waals surface area contributed by atoms with E-state index < -0.39 is 0 Å². The summed E-state index contributed by atoms with van der Waals surface area (Å²) in [6, 6.07) is 0.241. The van der Waals surface area contributed by atoms with Crippen molar-refractivity contribution in [1.29, 1.82) is 0 Å². The second-order valence-corrected chi connectivity index (χ2v) is 6.07. The average Bonchev–Trinajstić information content (AvgIpc) is 2.71. The molecule has 0 bridgehead atoms. The Hall–Kier alpha value is -0.910. The Balaban J connectivity index is 2.09. The molecule has 1 fully saturated rings. The van der Waals surface area contributed by atoms with Gasteiger partial charge in [0.1, 0.15) is 0 Å². The molecule has 0 radical (unpaired) electrons. The zero-order valence-electron chi connectivity index (χ0n) is 12.6. The first kappa shape index (κ1) is 14.5. The van der Waals surface area contributed by atoms with Gasteiger partial charge in [0.2, 0.25) is 0 Å². The third-order valence-electron chi connectivity index (χ3n) is 4.73. The van der Waals surface area contributed by atoms with Crippen LogP contribution in [-0.2, 0) is 7.05 Å². The van der Waals surface area contributed by atoms with E-state index in [1.165, 1.54) is 25.0 Å². The van der Waals surface area contributed by atoms with Gasteiger partial charge < -0.3 is 15.2 Å². The molecule has 108 valence electrons. The highest BCUT2D eigenvalue weighted by molar-refractivity contribution is 5.07. The van der Waals surface area contributed by atoms with E-state index in [1.54, 1.807) is 0 Å². The lowest BCUT2D eigenvalue weighted by molar-refractivity contribution is 0.0160. The monoisotopic (exact) mass is 265 g/mol. The molecule has 5 heteroatoms. The molecule has 0 saturated heterocycles. The van der Waals surface area contributed by atoms with Crippen LogP contribution in [0.3, 0.4) is 0 Å². The molecule has 1 aromatic heterocycles. The molecule has 0 aromatic carbocycles. The Labute approximate surface area is 116 Å². The maximum Gasteiger partial charge on any atom is 0.0946 e. The molecule has 1 atom stereocenters. The SMILES string of the molecule is CN(CC1(N(C)C)CCC1)C(CN)c1cncn1C. The molecule has 1 aliphatic carbocycles. The summed E-state index contributed by atoms with van der Waals surface area (Å²) in [7, 11) is 8.58. The van der Waals surface area contributed by atoms with Crippen LogP contribution in [0.4, 0.5) is 0 Å². The predicted octanol–water partition coefficient (Wildman–Crippen LogP) is 0.836. The van der Waals surface area contributed by atoms with Gasteiger partial charge >= 0.3 is 0 Å². The van der Waals surface area contributed by atoms with Crippen LogP contribution in [0.2, 0.25) is 0 Å². The van der Waals surface area contributed by atoms with Gasteiger partial charge in [-0.1, -0.05) is 0 Å². The first-order valence-electron chi connectivity index (χ1n) is 7.04. The molecule has 1 saturated carbocycles. The van der Waals surface area contributed by atoms with E-state index in [0.29, 0.717) is 12.1 Å². The molecule has 0 spiro atoms. The van der Waals surface area contributed by atoms with Crippen molar-refractivity contribution in [3.8, 4) is 0 Å². The van der Waals surface area contributed by atoms with E-state index >= 15 is 0 Å². The maximum atomic E-state index is 5.99. The molecule has 1 unspecified atom stereocenters. The van der Waals surface area contributed by atoms with Gasteiger partial charge in [-0.05, 0) is 40.4 Å². The van der Waals surface area contributed by atoms with Crippen LogP contribution in [0.25, 0.3) is 0 Å². The average molecular weight is 265 g/mol. The highest BCUT2D eigenvalue weighted by Crippen LogP contribution is 2.37. The van der Waals surface area contributed by atoms with Crippen LogP contribution in [0.1, 0.15) is 31.0 Å². The van der Waals surface area contributed by atoms with E-state index in [4.69, 9.17) is 5.73 Å². The molecule has 0 amide bonds. The van der Waals surface area contributed by atoms with Crippen LogP contribution in [0.5, 0.6) is 0 Å². The normalized spacial score (nSPS) is 19.7. The second kappa shape index (κ2) is 5.61. The number of aromatic nitrogens is 2. The van der Waals surface area contributed by atoms with Crippen molar-refractivity contribution in [1.82, 2.24) is 19.4 Å². The highest BCUT2D eigenvalue weighted by Gasteiger charge is 2.40. The predicted molar refractivity (Wildman–Crippen MR) is 77.9 cm³/mol. The number of hydrogen-bond donors (Lipinski definition) is 1. The second-order valence-electron chi connectivity index (χ2n) is 6.07. The van der Waals surface area contributed by atoms with Crippen LogP contribution in [0.15, 0.2) is 12.5 Å². The summed E-state index contributed by atoms with van der Waals surface area (Å²) in [6.07, 6.45) is 7.68. The summed E-state index contributed by atoms with van der Waals surface area (Å²) in [5.74, 6) is 0. The fourth-order valence-corrected chi connectivity index (χ4v) is 3.12. The minimum Gasteiger partial charge on any atom is -0.336 e. The largest absolute Gasteiger partial charge is 0.336 e. The first-order valence-corrected chi connectivity index (χ1v) is 7.04. The summed E-state index contributed by atoms with van der Waals surface area (Å²) in [6.45, 7) is 1.69. The number of aryl methyl sites for hydroxylation is 1. The van der Waals surface area contributed by atoms with Gasteiger partial charge in [0, 0.05) is 31.9 Å². The van der Waals surface area contributed by atoms with Crippen LogP contribution in [-0.4, -0.2) is 59.1 Å². The Kier molecular flexibility index (Phi) is 4.28. The van der Waals surface area contributed by atoms with E-state index in [0.717, 1.165) is 6.54 Å². The Morgan fingerprint density at radius 3 is 2.47 bits per heavy atom. The minimum absolute atomic E-state index is 0.241. The number of nitrogens with zero attached hydrogens (tertiary/aromatic N) is 4. The third kappa shape index (κ3) is 2.68. The van der Waals surface area contributed by atoms with Crippen molar-refractivity contribution in [2.24, 2.45) is 12.8 Å². The molecule has 5 nitrogen and oxygen atoms in total. The fourth-order valence-electron chi connectivity index (χ4n) is 3.12. The topological polar surface area (TPSA) is 50.3 Å². The van der Waals surface area contributed by atoms with Crippen LogP contribution < -0.4 is 5.73 Å². The van der Waals surface area contributed by atoms with Gasteiger partial charge in [-0.25, -0.2) is 4.98 Å². The smallest absolute Gasteiger partial charge is 0.0946 e. The Morgan fingerprint density at radius 1 is 1.42 bits per heavy atom. The number of rotatable bonds is 6. The molecule has 2 N–H and O–H groups in total. The van der Waals surface area contributed by atoms with Crippen molar-refractivity contribution in [3.63, 3.8) is 0 Å². The van der Waals surface area contributed by atoms with E-state index in [1.807, 2.05) is 19.6 Å². The van der Waals surface area contributed by atoms with Crippen molar-refractivity contribution in [2.45, 2.75) is 30.8 Å². The lowest BCUT2D eigenvalue weighted by Gasteiger charge is -2.50. The van der Waals surface area contributed by atoms with Crippen molar-refractivity contribution >= 4 is 0 Å². The molecular weight excluding hydrogens is 238 g/mol. The third-order valence-corrected chi connectivity index (χ3v) is 4.73. The zero-order chi connectivity index (χ0) is 14.0. The summed E-state index contributed by atoms with van der Waals surface area (Å²) in [4.78, 5) is 8.97. The first-order chi connectivity index (χ1) is 9.00. The highest BCUT2D eigenvalue weighted by atomic mass is 15.3. The van der Waals surface area contributed by atoms with Gasteiger partial charge in [0.15, 0.2) is 0 Å². The van der Waals surface area contributed by atoms with Gasteiger partial charge in [-0.2, -0.15) is 0 Å². The number of nitrogens with two attached hydrogens (primary N) is 1. The molecule has 1 heterocycles. The zero-order valence-corrected chi connectivity index (χ0v) is 12.6. The van der Waals surface area contributed by atoms with Gasteiger partial charge in [-0.3, -0.25) is 4.90 Å². The molecule has 2 rings (SSSR count). The van der Waals surface area contributed by atoms with Crippen LogP contribution in [0, 0.1) is 0 Å². The van der Waals surface area contributed by atoms with E-state index in [9.17, 15) is 0 Å². The van der Waals surface area contributed by atoms with Crippen molar-refractivity contribution in [2.75, 3.05) is 34.2 Å². The standard InChI is InChI=1S/C14H27N5/c1-17(2)14(6-5-7-14)10-18(3)12(8-15)13-9-16-11-19(13)4/h9,11-12H,5-8,10,15H2,1-4H3. The quantitative estimate of drug-likeness (QED) is 0.828. The summed E-state index contributed by atoms with van der Waals surface area (Å²) in [5.41, 5.74) is 7.52. The van der Waals surface area contributed by atoms with Crippen molar-refractivity contribution < 1.29 is 0 Å². The summed E-state index contributed by atoms with van der Waals surface area (Å²) in [5, 5.41) is 0. The van der Waals surface area contributed by atoms with E-state index in [2.05, 4.69) is 40.5 Å². The molecule has 1 aliphatic rings. The number of imidazole rings is 1. The van der Waals surface area contributed by atoms with Crippen molar-refractivity contribution in [3.05, 3.63) is 18.2 Å². The minimum atomic E-state index is 0.241. The fraction of sp³-hybridized carbons (Fsp3) is 0.786. The molecular formula is C14H27N5. The summed E-state index contributed by atoms with van der Waals surface area (Å²) >= 11 is 0. The van der Waals surface area contributed by atoms with E-state index in [-0.39, 0.29) is 6.04 Å². The lowest BCUT2D eigenvalue weighted by Crippen LogP contribution is -2.57. The van der Waals surface area contributed by atoms with Crippen LogP contribution >= 0.6 is 0 Å². The molecule has 19 heavy (non-hydrogen) atoms. The maximum absolute atomic E-state index is 5.99. The Bertz CT molecular complexity index is 408. The number of likely N-dealkylation sites (N-methyl/N-ethyl adjacent to an activating group) is 2. The van der Waals surface area contributed by atoms with Gasteiger partial charge in [0.05, 0.1) is 18.1 Å². The lowest BCUT2D eigenvalue weighted by atomic mass is 9.75.